The minimum absolute atomic E-state index is 0.165. The molecule has 6 heteroatoms. The first-order chi connectivity index (χ1) is 7.66. The van der Waals surface area contributed by atoms with Gasteiger partial charge in [-0.2, -0.15) is 0 Å². The van der Waals surface area contributed by atoms with Crippen LogP contribution in [0.3, 0.4) is 0 Å². The van der Waals surface area contributed by atoms with Gasteiger partial charge in [-0.25, -0.2) is 0 Å². The molecule has 0 atom stereocenters. The van der Waals surface area contributed by atoms with E-state index in [1.807, 2.05) is 6.92 Å². The number of hydrogen-bond donors (Lipinski definition) is 1. The van der Waals surface area contributed by atoms with Gasteiger partial charge in [0.05, 0.1) is 19.4 Å². The molecule has 0 bridgehead atoms. The Bertz CT molecular complexity index is 209. The number of carboxylic acids is 1. The fourth-order valence-corrected chi connectivity index (χ4v) is 2.73. The van der Waals surface area contributed by atoms with Gasteiger partial charge in [-0.3, -0.25) is 9.59 Å². The topological polar surface area (TPSA) is 63.6 Å². The summed E-state index contributed by atoms with van der Waals surface area (Å²) in [6.45, 7) is 2.55. The van der Waals surface area contributed by atoms with E-state index in [0.29, 0.717) is 24.5 Å². The summed E-state index contributed by atoms with van der Waals surface area (Å²) in [5.74, 6) is 0.298. The number of carboxylic acid groups (broad SMARTS) is 1. The molecule has 0 aliphatic rings. The van der Waals surface area contributed by atoms with Crippen molar-refractivity contribution in [2.75, 3.05) is 18.1 Å². The molecule has 16 heavy (non-hydrogen) atoms. The SMILES string of the molecule is CCCCOC(=O)CCSSCCC(=O)O. The molecule has 4 nitrogen and oxygen atoms in total. The molecule has 0 aliphatic heterocycles. The van der Waals surface area contributed by atoms with Crippen LogP contribution in [0.5, 0.6) is 0 Å². The number of unbranched alkanes of at least 4 members (excludes halogenated alkanes) is 1. The quantitative estimate of drug-likeness (QED) is 0.372. The van der Waals surface area contributed by atoms with Crippen LogP contribution in [0.1, 0.15) is 32.6 Å². The second-order valence-corrected chi connectivity index (χ2v) is 5.81. The largest absolute Gasteiger partial charge is 0.481 e. The van der Waals surface area contributed by atoms with E-state index >= 15 is 0 Å². The molecule has 0 heterocycles. The van der Waals surface area contributed by atoms with Crippen LogP contribution in [0, 0.1) is 0 Å². The summed E-state index contributed by atoms with van der Waals surface area (Å²) in [7, 11) is 3.00. The van der Waals surface area contributed by atoms with Gasteiger partial charge in [-0.15, -0.1) is 0 Å². The second-order valence-electron chi connectivity index (χ2n) is 3.11. The fourth-order valence-electron chi connectivity index (χ4n) is 0.774. The Morgan fingerprint density at radius 3 is 2.38 bits per heavy atom. The normalized spacial score (nSPS) is 10.1. The van der Waals surface area contributed by atoms with Gasteiger partial charge < -0.3 is 9.84 Å². The van der Waals surface area contributed by atoms with E-state index < -0.39 is 5.97 Å². The molecule has 94 valence electrons. The Labute approximate surface area is 104 Å². The lowest BCUT2D eigenvalue weighted by molar-refractivity contribution is -0.143. The van der Waals surface area contributed by atoms with E-state index in [-0.39, 0.29) is 12.4 Å². The number of esters is 1. The molecule has 0 saturated carbocycles. The van der Waals surface area contributed by atoms with Crippen LogP contribution in [-0.2, 0) is 14.3 Å². The molecule has 0 saturated heterocycles. The standard InChI is InChI=1S/C10H18O4S2/c1-2-3-6-14-10(13)5-8-16-15-7-4-9(11)12/h2-8H2,1H3,(H,11,12). The number of ether oxygens (including phenoxy) is 1. The molecule has 0 amide bonds. The van der Waals surface area contributed by atoms with E-state index in [0.717, 1.165) is 12.8 Å². The number of rotatable bonds is 10. The molecule has 0 aliphatic carbocycles. The van der Waals surface area contributed by atoms with E-state index in [2.05, 4.69) is 0 Å². The number of hydrogen-bond acceptors (Lipinski definition) is 5. The monoisotopic (exact) mass is 266 g/mol. The third-order valence-electron chi connectivity index (χ3n) is 1.63. The van der Waals surface area contributed by atoms with Crippen LogP contribution < -0.4 is 0 Å². The molecular weight excluding hydrogens is 248 g/mol. The number of carbonyl (C=O) groups is 2. The number of carbonyl (C=O) groups excluding carboxylic acids is 1. The average molecular weight is 266 g/mol. The summed E-state index contributed by atoms with van der Waals surface area (Å²) >= 11 is 0. The molecule has 0 unspecified atom stereocenters. The van der Waals surface area contributed by atoms with E-state index in [1.165, 1.54) is 21.6 Å². The van der Waals surface area contributed by atoms with E-state index in [9.17, 15) is 9.59 Å². The maximum absolute atomic E-state index is 11.1. The summed E-state index contributed by atoms with van der Waals surface area (Å²) in [5, 5.41) is 8.38. The smallest absolute Gasteiger partial charge is 0.306 e. The van der Waals surface area contributed by atoms with Gasteiger partial charge >= 0.3 is 11.9 Å². The van der Waals surface area contributed by atoms with Gasteiger partial charge in [0.25, 0.3) is 0 Å². The van der Waals surface area contributed by atoms with Gasteiger partial charge in [-0.05, 0) is 6.42 Å². The number of aliphatic carboxylic acids is 1. The van der Waals surface area contributed by atoms with Crippen molar-refractivity contribution in [3.8, 4) is 0 Å². The predicted octanol–water partition coefficient (Wildman–Crippen LogP) is 2.58. The summed E-state index contributed by atoms with van der Waals surface area (Å²) < 4.78 is 4.97. The Morgan fingerprint density at radius 2 is 1.81 bits per heavy atom. The van der Waals surface area contributed by atoms with Crippen LogP contribution in [0.2, 0.25) is 0 Å². The fraction of sp³-hybridized carbons (Fsp3) is 0.800. The van der Waals surface area contributed by atoms with Crippen molar-refractivity contribution in [2.45, 2.75) is 32.6 Å². The zero-order valence-corrected chi connectivity index (χ0v) is 11.1. The molecule has 0 radical (unpaired) electrons. The Kier molecular flexibility index (Phi) is 10.9. The van der Waals surface area contributed by atoms with Crippen molar-refractivity contribution in [3.05, 3.63) is 0 Å². The Hall–Kier alpha value is -0.360. The first-order valence-corrected chi connectivity index (χ1v) is 7.77. The van der Waals surface area contributed by atoms with E-state index in [1.54, 1.807) is 0 Å². The van der Waals surface area contributed by atoms with Crippen molar-refractivity contribution in [3.63, 3.8) is 0 Å². The van der Waals surface area contributed by atoms with Crippen LogP contribution in [-0.4, -0.2) is 35.2 Å². The second kappa shape index (κ2) is 11.1. The average Bonchev–Trinajstić information content (AvgIpc) is 2.23. The van der Waals surface area contributed by atoms with Crippen LogP contribution in [0.15, 0.2) is 0 Å². The highest BCUT2D eigenvalue weighted by Gasteiger charge is 2.03. The molecule has 0 rings (SSSR count). The minimum atomic E-state index is -0.785. The molecule has 0 aromatic heterocycles. The molecule has 0 fully saturated rings. The highest BCUT2D eigenvalue weighted by molar-refractivity contribution is 8.76. The van der Waals surface area contributed by atoms with Gasteiger partial charge in [-0.1, -0.05) is 34.9 Å². The molecule has 0 spiro atoms. The summed E-state index contributed by atoms with van der Waals surface area (Å²) in [6.07, 6.45) is 2.49. The summed E-state index contributed by atoms with van der Waals surface area (Å²) in [6, 6.07) is 0. The van der Waals surface area contributed by atoms with Crippen molar-refractivity contribution in [1.29, 1.82) is 0 Å². The van der Waals surface area contributed by atoms with Gasteiger partial charge in [0.2, 0.25) is 0 Å². The van der Waals surface area contributed by atoms with Crippen LogP contribution in [0.4, 0.5) is 0 Å². The lowest BCUT2D eigenvalue weighted by Crippen LogP contribution is -2.06. The zero-order chi connectivity index (χ0) is 12.2. The van der Waals surface area contributed by atoms with Crippen molar-refractivity contribution >= 4 is 33.5 Å². The van der Waals surface area contributed by atoms with Gasteiger partial charge in [0.15, 0.2) is 0 Å². The van der Waals surface area contributed by atoms with Crippen LogP contribution in [0.25, 0.3) is 0 Å². The molecule has 0 aromatic carbocycles. The summed E-state index contributed by atoms with van der Waals surface area (Å²) in [4.78, 5) is 21.3. The van der Waals surface area contributed by atoms with E-state index in [4.69, 9.17) is 9.84 Å². The van der Waals surface area contributed by atoms with Crippen molar-refractivity contribution in [1.82, 2.24) is 0 Å². The highest BCUT2D eigenvalue weighted by Crippen LogP contribution is 2.22. The first-order valence-electron chi connectivity index (χ1n) is 5.28. The maximum atomic E-state index is 11.1. The third-order valence-corrected chi connectivity index (χ3v) is 4.04. The van der Waals surface area contributed by atoms with Crippen molar-refractivity contribution < 1.29 is 19.4 Å². The zero-order valence-electron chi connectivity index (χ0n) is 9.44. The van der Waals surface area contributed by atoms with Gasteiger partial charge in [0.1, 0.15) is 0 Å². The predicted molar refractivity (Wildman–Crippen MR) is 67.7 cm³/mol. The van der Waals surface area contributed by atoms with Crippen LogP contribution >= 0.6 is 21.6 Å². The Balaban J connectivity index is 3.18. The molecule has 0 aromatic rings. The third kappa shape index (κ3) is 11.7. The summed E-state index contributed by atoms with van der Waals surface area (Å²) in [5.41, 5.74) is 0. The first kappa shape index (κ1) is 15.6. The van der Waals surface area contributed by atoms with Crippen molar-refractivity contribution in [2.24, 2.45) is 0 Å². The lowest BCUT2D eigenvalue weighted by Gasteiger charge is -2.03. The maximum Gasteiger partial charge on any atom is 0.306 e. The van der Waals surface area contributed by atoms with Gasteiger partial charge in [0, 0.05) is 11.5 Å². The Morgan fingerprint density at radius 1 is 1.19 bits per heavy atom. The molecular formula is C10H18O4S2. The highest BCUT2D eigenvalue weighted by atomic mass is 33.1. The lowest BCUT2D eigenvalue weighted by atomic mass is 10.4. The minimum Gasteiger partial charge on any atom is -0.481 e. The molecule has 1 N–H and O–H groups in total.